The van der Waals surface area contributed by atoms with Gasteiger partial charge in [0.15, 0.2) is 0 Å². The molecule has 1 saturated heterocycles. The Morgan fingerprint density at radius 2 is 1.64 bits per heavy atom. The zero-order chi connectivity index (χ0) is 18.5. The monoisotopic (exact) mass is 493 g/mol. The van der Waals surface area contributed by atoms with Gasteiger partial charge in [0.25, 0.3) is 0 Å². The minimum Gasteiger partial charge on any atom is -1.00 e. The van der Waals surface area contributed by atoms with Gasteiger partial charge in [-0.1, -0.05) is 0 Å². The topological polar surface area (TPSA) is 12.5 Å². The van der Waals surface area contributed by atoms with E-state index in [1.165, 1.54) is 35.1 Å². The van der Waals surface area contributed by atoms with E-state index in [1.54, 1.807) is 11.1 Å². The molecule has 4 heteroatoms. The van der Waals surface area contributed by atoms with Crippen molar-refractivity contribution in [3.05, 3.63) is 64.7 Å². The number of allylic oxidation sites excluding steroid dienone is 1. The first kappa shape index (κ1) is 23.9. The molecule has 2 unspecified atom stereocenters. The zero-order valence-corrected chi connectivity index (χ0v) is 21.3. The van der Waals surface area contributed by atoms with Crippen molar-refractivity contribution in [2.24, 2.45) is 0 Å². The van der Waals surface area contributed by atoms with E-state index in [2.05, 4.69) is 83.2 Å². The molecule has 0 spiro atoms. The molecule has 2 atom stereocenters. The molecule has 1 aliphatic heterocycles. The van der Waals surface area contributed by atoms with Crippen molar-refractivity contribution >= 4 is 6.08 Å². The third-order valence-corrected chi connectivity index (χ3v) is 12.0. The summed E-state index contributed by atoms with van der Waals surface area (Å²) >= 11 is -1.72. The molecule has 2 aromatic rings. The quantitative estimate of drug-likeness (QED) is 0.572. The second kappa shape index (κ2) is 9.17. The molecule has 4 rings (SSSR count). The summed E-state index contributed by atoms with van der Waals surface area (Å²) in [6, 6.07) is 16.1. The number of fused-ring (bicyclic) bond motifs is 1. The molecular weight excluding hydrogens is 466 g/mol. The van der Waals surface area contributed by atoms with Crippen molar-refractivity contribution in [1.29, 1.82) is 0 Å². The van der Waals surface area contributed by atoms with Gasteiger partial charge in [0.05, 0.1) is 0 Å². The van der Waals surface area contributed by atoms with Gasteiger partial charge in [-0.05, 0) is 0 Å². The van der Waals surface area contributed by atoms with Gasteiger partial charge in [0.2, 0.25) is 0 Å². The van der Waals surface area contributed by atoms with E-state index in [0.29, 0.717) is 7.44 Å². The molecule has 1 nitrogen and oxygen atoms in total. The largest absolute Gasteiger partial charge is 1.00 e. The second-order valence-corrected chi connectivity index (χ2v) is 14.7. The summed E-state index contributed by atoms with van der Waals surface area (Å²) in [6.07, 6.45) is 4.93. The summed E-state index contributed by atoms with van der Waals surface area (Å²) in [5, 5.41) is 0. The van der Waals surface area contributed by atoms with E-state index >= 15 is 0 Å². The molecule has 28 heavy (non-hydrogen) atoms. The molecule has 1 aliphatic carbocycles. The predicted molar refractivity (Wildman–Crippen MR) is 107 cm³/mol. The summed E-state index contributed by atoms with van der Waals surface area (Å²) < 4.78 is 7.32. The van der Waals surface area contributed by atoms with Crippen LogP contribution < -0.4 is 24.8 Å². The standard InChI is InChI=1S/C22H25.C2H4O.2ClH.Zr/c1-5-7-16-14-18-8-6-9-20(21(18)15-16)17-10-12-19(13-11-17)22(2,3)4;1-2-3;;;/h6,8-15H,5,7H2,1-4H3;2H,1H3;2*1H;/q;-1;;;+3/p-2. The van der Waals surface area contributed by atoms with Crippen molar-refractivity contribution < 1.29 is 49.8 Å². The van der Waals surface area contributed by atoms with Crippen LogP contribution in [0.1, 0.15) is 67.8 Å². The van der Waals surface area contributed by atoms with E-state index in [1.807, 2.05) is 0 Å². The fourth-order valence-electron chi connectivity index (χ4n) is 4.18. The number of benzene rings is 2. The first-order valence-electron chi connectivity index (χ1n) is 9.88. The second-order valence-electron chi connectivity index (χ2n) is 8.70. The molecule has 0 bridgehead atoms. The van der Waals surface area contributed by atoms with Crippen LogP contribution in [0.25, 0.3) is 17.2 Å². The first-order valence-corrected chi connectivity index (χ1v) is 13.7. The van der Waals surface area contributed by atoms with E-state index in [9.17, 15) is 0 Å². The van der Waals surface area contributed by atoms with Gasteiger partial charge >= 0.3 is 167 Å². The normalized spacial score (nSPS) is 20.0. The van der Waals surface area contributed by atoms with Crippen molar-refractivity contribution in [1.82, 2.24) is 0 Å². The summed E-state index contributed by atoms with van der Waals surface area (Å²) in [5.74, 6) is 0. The number of hydrogen-bond acceptors (Lipinski definition) is 1. The maximum absolute atomic E-state index is 6.09. The summed E-state index contributed by atoms with van der Waals surface area (Å²) in [6.45, 7) is 11.4. The molecule has 1 fully saturated rings. The average Bonchev–Trinajstić information content (AvgIpc) is 3.20. The van der Waals surface area contributed by atoms with Crippen LogP contribution in [0.3, 0.4) is 0 Å². The van der Waals surface area contributed by atoms with Crippen molar-refractivity contribution in [3.63, 3.8) is 0 Å². The third-order valence-electron chi connectivity index (χ3n) is 5.69. The Bertz CT molecular complexity index is 852. The fourth-order valence-corrected chi connectivity index (χ4v) is 10.3. The van der Waals surface area contributed by atoms with Gasteiger partial charge < -0.3 is 24.8 Å². The summed E-state index contributed by atoms with van der Waals surface area (Å²) in [7, 11) is 0. The minimum absolute atomic E-state index is 0. The van der Waals surface area contributed by atoms with Crippen molar-refractivity contribution in [3.8, 4) is 11.1 Å². The van der Waals surface area contributed by atoms with Gasteiger partial charge in [-0.2, -0.15) is 0 Å². The molecule has 2 aromatic carbocycles. The Balaban J connectivity index is 0.00000140. The van der Waals surface area contributed by atoms with Crippen molar-refractivity contribution in [2.75, 3.05) is 0 Å². The number of hydrogen-bond donors (Lipinski definition) is 0. The van der Waals surface area contributed by atoms with Crippen LogP contribution in [0.2, 0.25) is 0 Å². The summed E-state index contributed by atoms with van der Waals surface area (Å²) in [4.78, 5) is 0. The fraction of sp³-hybridized carbons (Fsp3) is 0.417. The molecule has 2 aliphatic rings. The van der Waals surface area contributed by atoms with Gasteiger partial charge in [-0.3, -0.25) is 0 Å². The first-order chi connectivity index (χ1) is 12.4. The smallest absolute Gasteiger partial charge is 1.00 e. The number of rotatable bonds is 4. The minimum atomic E-state index is -1.72. The van der Waals surface area contributed by atoms with Gasteiger partial charge in [-0.25, -0.2) is 0 Å². The van der Waals surface area contributed by atoms with Crippen LogP contribution in [0.4, 0.5) is 0 Å². The van der Waals surface area contributed by atoms with Crippen LogP contribution in [0, 0.1) is 0 Å². The maximum atomic E-state index is 6.09. The third kappa shape index (κ3) is 4.51. The molecular formula is C24H29Cl2OZr. The Morgan fingerprint density at radius 3 is 2.18 bits per heavy atom. The molecule has 0 radical (unpaired) electrons. The van der Waals surface area contributed by atoms with Gasteiger partial charge in [-0.15, -0.1) is 0 Å². The SMILES string of the molecule is CCCC1=Cc2c(-c3ccc(C(C)(C)C)cc3)cccc2[CH]1[Zr+2]1[O][CH]1C.[Cl-].[Cl-]. The van der Waals surface area contributed by atoms with E-state index < -0.39 is 22.2 Å². The zero-order valence-electron chi connectivity index (χ0n) is 17.4. The Hall–Kier alpha value is -0.397. The Kier molecular flexibility index (Phi) is 7.82. The molecule has 0 saturated carbocycles. The van der Waals surface area contributed by atoms with E-state index in [0.717, 1.165) is 0 Å². The van der Waals surface area contributed by atoms with Crippen LogP contribution >= 0.6 is 0 Å². The average molecular weight is 496 g/mol. The summed E-state index contributed by atoms with van der Waals surface area (Å²) in [5.41, 5.74) is 8.95. The molecule has 0 amide bonds. The molecule has 149 valence electrons. The van der Waals surface area contributed by atoms with Gasteiger partial charge in [0, 0.05) is 0 Å². The van der Waals surface area contributed by atoms with E-state index in [4.69, 9.17) is 2.81 Å². The van der Waals surface area contributed by atoms with Crippen LogP contribution in [0.5, 0.6) is 0 Å². The Labute approximate surface area is 191 Å². The predicted octanol–water partition coefficient (Wildman–Crippen LogP) is 0.807. The number of halogens is 2. The Morgan fingerprint density at radius 1 is 1.00 bits per heavy atom. The molecule has 1 heterocycles. The van der Waals surface area contributed by atoms with Crippen LogP contribution in [-0.4, -0.2) is 3.81 Å². The van der Waals surface area contributed by atoms with Crippen LogP contribution in [-0.2, 0) is 30.4 Å². The molecule has 0 N–H and O–H groups in total. The van der Waals surface area contributed by atoms with E-state index in [-0.39, 0.29) is 30.2 Å². The molecule has 0 aromatic heterocycles. The maximum Gasteiger partial charge on any atom is -1.00 e. The van der Waals surface area contributed by atoms with Gasteiger partial charge in [0.1, 0.15) is 0 Å². The van der Waals surface area contributed by atoms with Crippen molar-refractivity contribution in [2.45, 2.75) is 60.3 Å². The van der Waals surface area contributed by atoms with Crippen LogP contribution in [0.15, 0.2) is 48.0 Å².